The lowest BCUT2D eigenvalue weighted by Crippen LogP contribution is -2.47. The Morgan fingerprint density at radius 3 is 2.70 bits per heavy atom. The first-order valence-electron chi connectivity index (χ1n) is 9.17. The Bertz CT molecular complexity index is 555. The third-order valence-electron chi connectivity index (χ3n) is 4.25. The van der Waals surface area contributed by atoms with Gasteiger partial charge in [-0.25, -0.2) is 0 Å². The van der Waals surface area contributed by atoms with Crippen LogP contribution in [0.2, 0.25) is 5.02 Å². The number of hydrogen-bond acceptors (Lipinski definition) is 4. The Morgan fingerprint density at radius 2 is 2.04 bits per heavy atom. The quantitative estimate of drug-likeness (QED) is 0.238. The van der Waals surface area contributed by atoms with Gasteiger partial charge in [0.05, 0.1) is 12.6 Å². The second-order valence-corrected chi connectivity index (χ2v) is 6.62. The van der Waals surface area contributed by atoms with Crippen molar-refractivity contribution in [3.05, 3.63) is 29.3 Å². The maximum absolute atomic E-state index is 5.95. The van der Waals surface area contributed by atoms with E-state index in [-0.39, 0.29) is 24.0 Å². The first-order valence-corrected chi connectivity index (χ1v) is 9.55. The van der Waals surface area contributed by atoms with Crippen molar-refractivity contribution in [3.8, 4) is 5.75 Å². The lowest BCUT2D eigenvalue weighted by molar-refractivity contribution is 0.00989. The fourth-order valence-corrected chi connectivity index (χ4v) is 3.09. The maximum atomic E-state index is 5.95. The molecule has 0 saturated carbocycles. The van der Waals surface area contributed by atoms with Crippen LogP contribution in [-0.4, -0.2) is 70.6 Å². The summed E-state index contributed by atoms with van der Waals surface area (Å²) >= 11 is 5.95. The van der Waals surface area contributed by atoms with Crippen molar-refractivity contribution in [2.45, 2.75) is 25.4 Å². The Morgan fingerprint density at radius 1 is 1.26 bits per heavy atom. The van der Waals surface area contributed by atoms with Crippen LogP contribution in [0.4, 0.5) is 0 Å². The van der Waals surface area contributed by atoms with E-state index in [4.69, 9.17) is 25.8 Å². The van der Waals surface area contributed by atoms with Crippen molar-refractivity contribution in [2.24, 2.45) is 4.99 Å². The SMILES string of the molecule is CN=C(NCCOc1cccc(Cl)c1)N1CCC(OCCCOC)CC1.I. The van der Waals surface area contributed by atoms with Gasteiger partial charge in [-0.05, 0) is 37.5 Å². The molecule has 0 aliphatic carbocycles. The normalized spacial score (nSPS) is 15.4. The third-order valence-corrected chi connectivity index (χ3v) is 4.48. The van der Waals surface area contributed by atoms with Gasteiger partial charge < -0.3 is 24.4 Å². The fourth-order valence-electron chi connectivity index (χ4n) is 2.91. The summed E-state index contributed by atoms with van der Waals surface area (Å²) in [5, 5.41) is 4.04. The van der Waals surface area contributed by atoms with Gasteiger partial charge in [0, 0.05) is 45.5 Å². The van der Waals surface area contributed by atoms with Crippen LogP contribution in [0.5, 0.6) is 5.75 Å². The van der Waals surface area contributed by atoms with Crippen molar-refractivity contribution in [1.82, 2.24) is 10.2 Å². The molecular formula is C19H31ClIN3O3. The molecule has 0 bridgehead atoms. The summed E-state index contributed by atoms with van der Waals surface area (Å²) in [6.45, 7) is 4.66. The number of nitrogens with one attached hydrogen (secondary N) is 1. The molecule has 0 amide bonds. The van der Waals surface area contributed by atoms with E-state index in [2.05, 4.69) is 15.2 Å². The van der Waals surface area contributed by atoms with Crippen molar-refractivity contribution < 1.29 is 14.2 Å². The van der Waals surface area contributed by atoms with Crippen LogP contribution in [0, 0.1) is 0 Å². The molecule has 1 saturated heterocycles. The second kappa shape index (κ2) is 14.3. The highest BCUT2D eigenvalue weighted by molar-refractivity contribution is 14.0. The molecule has 0 atom stereocenters. The molecule has 1 aliphatic rings. The summed E-state index contributed by atoms with van der Waals surface area (Å²) in [4.78, 5) is 6.65. The molecular weight excluding hydrogens is 481 g/mol. The van der Waals surface area contributed by atoms with Gasteiger partial charge in [-0.15, -0.1) is 24.0 Å². The van der Waals surface area contributed by atoms with E-state index in [0.29, 0.717) is 24.3 Å². The number of likely N-dealkylation sites (tertiary alicyclic amines) is 1. The molecule has 2 rings (SSSR count). The number of ether oxygens (including phenoxy) is 3. The molecule has 1 aliphatic heterocycles. The number of guanidine groups is 1. The van der Waals surface area contributed by atoms with Crippen LogP contribution >= 0.6 is 35.6 Å². The molecule has 0 radical (unpaired) electrons. The molecule has 0 aromatic heterocycles. The molecule has 0 spiro atoms. The number of aliphatic imine (C=N–C) groups is 1. The Labute approximate surface area is 184 Å². The van der Waals surface area contributed by atoms with E-state index < -0.39 is 0 Å². The molecule has 1 aromatic carbocycles. The number of hydrogen-bond donors (Lipinski definition) is 1. The number of rotatable bonds is 9. The summed E-state index contributed by atoms with van der Waals surface area (Å²) in [5.41, 5.74) is 0. The van der Waals surface area contributed by atoms with Gasteiger partial charge in [0.1, 0.15) is 12.4 Å². The number of halogens is 2. The minimum absolute atomic E-state index is 0. The van der Waals surface area contributed by atoms with Crippen molar-refractivity contribution in [2.75, 3.05) is 53.6 Å². The smallest absolute Gasteiger partial charge is 0.193 e. The van der Waals surface area contributed by atoms with Crippen molar-refractivity contribution in [3.63, 3.8) is 0 Å². The summed E-state index contributed by atoms with van der Waals surface area (Å²) in [7, 11) is 3.53. The van der Waals surface area contributed by atoms with Crippen LogP contribution in [0.25, 0.3) is 0 Å². The van der Waals surface area contributed by atoms with E-state index >= 15 is 0 Å². The minimum Gasteiger partial charge on any atom is -0.492 e. The first-order chi connectivity index (χ1) is 12.7. The molecule has 0 unspecified atom stereocenters. The van der Waals surface area contributed by atoms with Gasteiger partial charge in [-0.1, -0.05) is 17.7 Å². The maximum Gasteiger partial charge on any atom is 0.193 e. The molecule has 8 heteroatoms. The van der Waals surface area contributed by atoms with Crippen LogP contribution in [0.15, 0.2) is 29.3 Å². The molecule has 1 fully saturated rings. The average Bonchev–Trinajstić information content (AvgIpc) is 2.66. The van der Waals surface area contributed by atoms with Crippen molar-refractivity contribution >= 4 is 41.5 Å². The predicted octanol–water partition coefficient (Wildman–Crippen LogP) is 3.43. The molecule has 1 N–H and O–H groups in total. The highest BCUT2D eigenvalue weighted by Gasteiger charge is 2.21. The van der Waals surface area contributed by atoms with Gasteiger partial charge in [0.15, 0.2) is 5.96 Å². The highest BCUT2D eigenvalue weighted by Crippen LogP contribution is 2.17. The Hall–Kier alpha value is -0.770. The average molecular weight is 512 g/mol. The van der Waals surface area contributed by atoms with Gasteiger partial charge >= 0.3 is 0 Å². The fraction of sp³-hybridized carbons (Fsp3) is 0.632. The van der Waals surface area contributed by atoms with E-state index in [0.717, 1.165) is 57.3 Å². The molecule has 27 heavy (non-hydrogen) atoms. The zero-order chi connectivity index (χ0) is 18.6. The second-order valence-electron chi connectivity index (χ2n) is 6.18. The topological polar surface area (TPSA) is 55.3 Å². The first kappa shape index (κ1) is 24.3. The number of methoxy groups -OCH3 is 1. The van der Waals surface area contributed by atoms with E-state index in [1.54, 1.807) is 7.11 Å². The molecule has 154 valence electrons. The lowest BCUT2D eigenvalue weighted by Gasteiger charge is -2.34. The summed E-state index contributed by atoms with van der Waals surface area (Å²) < 4.78 is 16.7. The summed E-state index contributed by atoms with van der Waals surface area (Å²) in [5.74, 6) is 1.69. The van der Waals surface area contributed by atoms with E-state index in [1.807, 2.05) is 31.3 Å². The van der Waals surface area contributed by atoms with Crippen LogP contribution in [0.3, 0.4) is 0 Å². The van der Waals surface area contributed by atoms with Gasteiger partial charge in [-0.3, -0.25) is 4.99 Å². The van der Waals surface area contributed by atoms with Gasteiger partial charge in [0.2, 0.25) is 0 Å². The highest BCUT2D eigenvalue weighted by atomic mass is 127. The summed E-state index contributed by atoms with van der Waals surface area (Å²) in [6, 6.07) is 7.43. The third kappa shape index (κ3) is 9.32. The monoisotopic (exact) mass is 511 g/mol. The molecule has 1 heterocycles. The van der Waals surface area contributed by atoms with Crippen molar-refractivity contribution in [1.29, 1.82) is 0 Å². The Kier molecular flexibility index (Phi) is 12.8. The standard InChI is InChI=1S/C19H30ClN3O3.HI/c1-21-19(22-9-14-26-18-6-3-5-16(20)15-18)23-10-7-17(8-11-23)25-13-4-12-24-2;/h3,5-6,15,17H,4,7-14H2,1-2H3,(H,21,22);1H. The summed E-state index contributed by atoms with van der Waals surface area (Å²) in [6.07, 6.45) is 3.33. The lowest BCUT2D eigenvalue weighted by atomic mass is 10.1. The molecule has 1 aromatic rings. The number of benzene rings is 1. The van der Waals surface area contributed by atoms with E-state index in [1.165, 1.54) is 0 Å². The van der Waals surface area contributed by atoms with Gasteiger partial charge in [0.25, 0.3) is 0 Å². The molecule has 6 nitrogen and oxygen atoms in total. The van der Waals surface area contributed by atoms with Crippen LogP contribution in [-0.2, 0) is 9.47 Å². The largest absolute Gasteiger partial charge is 0.492 e. The Balaban J connectivity index is 0.00000364. The number of nitrogens with zero attached hydrogens (tertiary/aromatic N) is 2. The zero-order valence-corrected chi connectivity index (χ0v) is 19.2. The predicted molar refractivity (Wildman–Crippen MR) is 121 cm³/mol. The van der Waals surface area contributed by atoms with Gasteiger partial charge in [-0.2, -0.15) is 0 Å². The van der Waals surface area contributed by atoms with Crippen LogP contribution < -0.4 is 10.1 Å². The zero-order valence-electron chi connectivity index (χ0n) is 16.2. The van der Waals surface area contributed by atoms with Crippen LogP contribution in [0.1, 0.15) is 19.3 Å². The minimum atomic E-state index is 0. The van der Waals surface area contributed by atoms with E-state index in [9.17, 15) is 0 Å². The number of piperidine rings is 1.